The lowest BCUT2D eigenvalue weighted by Crippen LogP contribution is -2.43. The van der Waals surface area contributed by atoms with E-state index in [4.69, 9.17) is 12.2 Å². The highest BCUT2D eigenvalue weighted by Crippen LogP contribution is 2.43. The molecule has 0 aromatic carbocycles. The maximum atomic E-state index is 13.5. The maximum absolute atomic E-state index is 13.5. The van der Waals surface area contributed by atoms with Crippen LogP contribution in [0.15, 0.2) is 12.4 Å². The average Bonchev–Trinajstić information content (AvgIpc) is 2.57. The smallest absolute Gasteiger partial charge is 0.231 e. The first-order valence-corrected chi connectivity index (χ1v) is 6.66. The Kier molecular flexibility index (Phi) is 4.25. The molecular weight excluding hydrogens is 344 g/mol. The number of imidazole rings is 1. The monoisotopic (exact) mass is 351 g/mol. The van der Waals surface area contributed by atoms with Crippen molar-refractivity contribution in [2.45, 2.75) is 10.9 Å². The number of thiocarbonyl (C=S) groups is 1. The fraction of sp³-hybridized carbons (Fsp3) is 0.500. The Hall–Kier alpha value is -0.150. The van der Waals surface area contributed by atoms with Crippen molar-refractivity contribution in [2.24, 2.45) is 7.05 Å². The van der Waals surface area contributed by atoms with Gasteiger partial charge < -0.3 is 0 Å². The molecule has 0 N–H and O–H groups in total. The summed E-state index contributed by atoms with van der Waals surface area (Å²) in [7, 11) is 1.46. The highest BCUT2D eigenvalue weighted by molar-refractivity contribution is 9.10. The number of rotatable bonds is 3. The van der Waals surface area contributed by atoms with E-state index in [0.717, 1.165) is 18.0 Å². The van der Waals surface area contributed by atoms with Crippen LogP contribution in [0, 0.1) is 0 Å². The van der Waals surface area contributed by atoms with Crippen LogP contribution >= 0.6 is 39.9 Å². The Balaban J connectivity index is 3.38. The summed E-state index contributed by atoms with van der Waals surface area (Å²) >= 11 is 7.59. The van der Waals surface area contributed by atoms with Crippen molar-refractivity contribution in [1.82, 2.24) is 4.57 Å². The van der Waals surface area contributed by atoms with Crippen molar-refractivity contribution < 1.29 is 22.1 Å². The molecule has 0 aliphatic rings. The van der Waals surface area contributed by atoms with E-state index in [1.54, 1.807) is 22.2 Å². The van der Waals surface area contributed by atoms with Crippen LogP contribution in [0.2, 0.25) is 0 Å². The molecule has 1 heterocycles. The third-order valence-electron chi connectivity index (χ3n) is 2.01. The van der Waals surface area contributed by atoms with Gasteiger partial charge in [0.1, 0.15) is 12.4 Å². The Morgan fingerprint density at radius 1 is 1.47 bits per heavy atom. The molecular formula is C8H8BrF4N2S2+. The standard InChI is InChI=1S/C8H8BrF4N2S2/c1-14-3-4-15(5(14)6(16)17-2)8(12,13)7(9,10)11/h3-4H,1-2H3/q+1. The fourth-order valence-corrected chi connectivity index (χ4v) is 2.03. The molecule has 0 aliphatic carbocycles. The van der Waals surface area contributed by atoms with Gasteiger partial charge in [0.2, 0.25) is 0 Å². The molecule has 0 radical (unpaired) electrons. The minimum absolute atomic E-state index is 0.105. The van der Waals surface area contributed by atoms with Gasteiger partial charge in [-0.3, -0.25) is 0 Å². The summed E-state index contributed by atoms with van der Waals surface area (Å²) in [5, 5.41) is 0. The first-order chi connectivity index (χ1) is 7.63. The van der Waals surface area contributed by atoms with Crippen molar-refractivity contribution in [3.05, 3.63) is 18.2 Å². The van der Waals surface area contributed by atoms with Crippen LogP contribution in [0.25, 0.3) is 0 Å². The highest BCUT2D eigenvalue weighted by atomic mass is 79.9. The molecule has 0 unspecified atom stereocenters. The summed E-state index contributed by atoms with van der Waals surface area (Å²) in [5.41, 5.74) is 0. The van der Waals surface area contributed by atoms with E-state index < -0.39 is 10.9 Å². The van der Waals surface area contributed by atoms with Crippen LogP contribution in [-0.4, -0.2) is 19.9 Å². The predicted molar refractivity (Wildman–Crippen MR) is 64.9 cm³/mol. The summed E-state index contributed by atoms with van der Waals surface area (Å²) in [4.78, 5) is -4.35. The third-order valence-corrected chi connectivity index (χ3v) is 3.73. The molecule has 0 amide bonds. The van der Waals surface area contributed by atoms with Gasteiger partial charge in [0.15, 0.2) is 4.20 Å². The zero-order valence-corrected chi connectivity index (χ0v) is 12.0. The van der Waals surface area contributed by atoms with Crippen molar-refractivity contribution in [3.8, 4) is 0 Å². The highest BCUT2D eigenvalue weighted by Gasteiger charge is 2.62. The van der Waals surface area contributed by atoms with Crippen molar-refractivity contribution >= 4 is 44.1 Å². The second-order valence-electron chi connectivity index (χ2n) is 3.13. The molecule has 9 heteroatoms. The first kappa shape index (κ1) is 14.9. The van der Waals surface area contributed by atoms with E-state index in [1.807, 2.05) is 0 Å². The first-order valence-electron chi connectivity index (χ1n) is 4.23. The van der Waals surface area contributed by atoms with Gasteiger partial charge in [-0.05, 0) is 6.26 Å². The summed E-state index contributed by atoms with van der Waals surface area (Å²) < 4.78 is 54.2. The number of hydrogen-bond acceptors (Lipinski definition) is 2. The second-order valence-corrected chi connectivity index (χ2v) is 5.61. The second kappa shape index (κ2) is 4.85. The zero-order chi connectivity index (χ0) is 13.4. The normalized spacial score (nSPS) is 12.9. The van der Waals surface area contributed by atoms with Crippen molar-refractivity contribution in [1.29, 1.82) is 0 Å². The van der Waals surface area contributed by atoms with Crippen LogP contribution in [0.4, 0.5) is 17.6 Å². The molecule has 96 valence electrons. The number of aromatic nitrogens is 2. The maximum Gasteiger partial charge on any atom is 0.473 e. The SMILES string of the molecule is CSC(=S)c1n(C(F)(F)C(F)(F)Br)cc[n+]1C. The minimum atomic E-state index is -4.40. The summed E-state index contributed by atoms with van der Waals surface area (Å²) in [5.74, 6) is -0.142. The predicted octanol–water partition coefficient (Wildman–Crippen LogP) is 2.89. The zero-order valence-electron chi connectivity index (χ0n) is 8.76. The molecule has 1 aromatic heterocycles. The lowest BCUT2D eigenvalue weighted by Gasteiger charge is -2.18. The number of aryl methyl sites for hydroxylation is 1. The number of thioether (sulfide) groups is 1. The number of hydrogen-bond donors (Lipinski definition) is 0. The van der Waals surface area contributed by atoms with Crippen molar-refractivity contribution in [2.75, 3.05) is 6.26 Å². The van der Waals surface area contributed by atoms with Gasteiger partial charge in [0, 0.05) is 15.9 Å². The number of nitrogens with zero attached hydrogens (tertiary/aromatic N) is 2. The molecule has 17 heavy (non-hydrogen) atoms. The molecule has 0 saturated carbocycles. The van der Waals surface area contributed by atoms with Crippen LogP contribution in [0.3, 0.4) is 0 Å². The van der Waals surface area contributed by atoms with Gasteiger partial charge in [0.05, 0.1) is 7.05 Å². The molecule has 2 nitrogen and oxygen atoms in total. The Morgan fingerprint density at radius 2 is 2.00 bits per heavy atom. The Morgan fingerprint density at radius 3 is 2.41 bits per heavy atom. The van der Waals surface area contributed by atoms with Gasteiger partial charge in [-0.1, -0.05) is 12.2 Å². The molecule has 0 atom stereocenters. The molecule has 0 fully saturated rings. The van der Waals surface area contributed by atoms with E-state index in [1.165, 1.54) is 17.8 Å². The summed E-state index contributed by atoms with van der Waals surface area (Å²) in [6.07, 6.45) is 3.70. The quantitative estimate of drug-likeness (QED) is 0.358. The van der Waals surface area contributed by atoms with Crippen molar-refractivity contribution in [3.63, 3.8) is 0 Å². The van der Waals surface area contributed by atoms with Gasteiger partial charge in [-0.15, -0.1) is 11.8 Å². The van der Waals surface area contributed by atoms with Crippen LogP contribution in [-0.2, 0) is 13.1 Å². The summed E-state index contributed by atoms with van der Waals surface area (Å²) in [6, 6.07) is -4.40. The molecule has 0 bridgehead atoms. The van der Waals surface area contributed by atoms with E-state index in [0.29, 0.717) is 0 Å². The Labute approximate surface area is 113 Å². The molecule has 0 spiro atoms. The van der Waals surface area contributed by atoms with Gasteiger partial charge in [-0.2, -0.15) is 22.1 Å². The average molecular weight is 352 g/mol. The van der Waals surface area contributed by atoms with E-state index >= 15 is 0 Å². The molecule has 0 aliphatic heterocycles. The van der Waals surface area contributed by atoms with Gasteiger partial charge in [0.25, 0.3) is 0 Å². The number of halogens is 5. The van der Waals surface area contributed by atoms with E-state index in [9.17, 15) is 17.6 Å². The lowest BCUT2D eigenvalue weighted by atomic mass is 10.5. The van der Waals surface area contributed by atoms with Crippen LogP contribution in [0.1, 0.15) is 5.82 Å². The largest absolute Gasteiger partial charge is 0.473 e. The van der Waals surface area contributed by atoms with E-state index in [2.05, 4.69) is 0 Å². The summed E-state index contributed by atoms with van der Waals surface area (Å²) in [6.45, 7) is 0. The van der Waals surface area contributed by atoms with Gasteiger partial charge in [-0.25, -0.2) is 4.57 Å². The topological polar surface area (TPSA) is 8.81 Å². The minimum Gasteiger partial charge on any atom is -0.231 e. The molecule has 1 rings (SSSR count). The molecule has 0 saturated heterocycles. The number of alkyl halides is 5. The lowest BCUT2D eigenvalue weighted by molar-refractivity contribution is -0.672. The van der Waals surface area contributed by atoms with E-state index in [-0.39, 0.29) is 14.6 Å². The van der Waals surface area contributed by atoms with Crippen LogP contribution in [0.5, 0.6) is 0 Å². The van der Waals surface area contributed by atoms with Gasteiger partial charge >= 0.3 is 16.7 Å². The van der Waals surface area contributed by atoms with Crippen LogP contribution < -0.4 is 4.57 Å². The fourth-order valence-electron chi connectivity index (χ4n) is 1.17. The molecule has 1 aromatic rings. The third kappa shape index (κ3) is 2.65. The Bertz CT molecular complexity index is 441.